The Morgan fingerprint density at radius 3 is 1.24 bits per heavy atom. The number of hydrogen-bond acceptors (Lipinski definition) is 2. The SMILES string of the molecule is CC(/C=C/C=O)=C\C=C\C=C(C)\C=C\C=C(C)\C=C\C=O. The molecule has 0 saturated carbocycles. The van der Waals surface area contributed by atoms with E-state index in [1.807, 2.05) is 63.3 Å². The second-order valence-electron chi connectivity index (χ2n) is 4.47. The molecule has 0 N–H and O–H groups in total. The quantitative estimate of drug-likeness (QED) is 0.374. The fourth-order valence-electron chi connectivity index (χ4n) is 1.32. The summed E-state index contributed by atoms with van der Waals surface area (Å²) in [5.41, 5.74) is 3.15. The second-order valence-corrected chi connectivity index (χ2v) is 4.47. The van der Waals surface area contributed by atoms with Gasteiger partial charge in [0.15, 0.2) is 0 Å². The molecule has 0 aromatic heterocycles. The van der Waals surface area contributed by atoms with E-state index in [0.29, 0.717) is 0 Å². The molecule has 2 nitrogen and oxygen atoms in total. The van der Waals surface area contributed by atoms with E-state index in [9.17, 15) is 9.59 Å². The van der Waals surface area contributed by atoms with Gasteiger partial charge >= 0.3 is 0 Å². The van der Waals surface area contributed by atoms with Gasteiger partial charge in [-0.15, -0.1) is 0 Å². The maximum atomic E-state index is 10.2. The molecule has 0 saturated heterocycles. The molecule has 0 aliphatic heterocycles. The van der Waals surface area contributed by atoms with Gasteiger partial charge in [0.2, 0.25) is 0 Å². The Balaban J connectivity index is 4.49. The zero-order chi connectivity index (χ0) is 15.9. The Kier molecular flexibility index (Phi) is 11.1. The second kappa shape index (κ2) is 12.5. The van der Waals surface area contributed by atoms with Gasteiger partial charge in [0, 0.05) is 0 Å². The summed E-state index contributed by atoms with van der Waals surface area (Å²) >= 11 is 0. The minimum atomic E-state index is 0.760. The summed E-state index contributed by atoms with van der Waals surface area (Å²) in [4.78, 5) is 20.3. The third-order valence-electron chi connectivity index (χ3n) is 2.42. The normalized spacial score (nSPS) is 14.9. The maximum Gasteiger partial charge on any atom is 0.142 e. The van der Waals surface area contributed by atoms with Crippen molar-refractivity contribution in [2.75, 3.05) is 0 Å². The van der Waals surface area contributed by atoms with E-state index in [1.54, 1.807) is 12.2 Å². The van der Waals surface area contributed by atoms with Crippen molar-refractivity contribution in [3.8, 4) is 0 Å². The Morgan fingerprint density at radius 1 is 0.524 bits per heavy atom. The average molecular weight is 282 g/mol. The van der Waals surface area contributed by atoms with Crippen molar-refractivity contribution in [3.63, 3.8) is 0 Å². The summed E-state index contributed by atoms with van der Waals surface area (Å²) in [5.74, 6) is 0. The molecule has 0 aliphatic carbocycles. The van der Waals surface area contributed by atoms with E-state index in [0.717, 1.165) is 29.3 Å². The lowest BCUT2D eigenvalue weighted by atomic mass is 10.2. The molecule has 0 aliphatic rings. The first-order valence-corrected chi connectivity index (χ1v) is 6.70. The van der Waals surface area contributed by atoms with Crippen LogP contribution < -0.4 is 0 Å². The van der Waals surface area contributed by atoms with Crippen molar-refractivity contribution in [2.24, 2.45) is 0 Å². The third kappa shape index (κ3) is 12.3. The van der Waals surface area contributed by atoms with Gasteiger partial charge in [0.25, 0.3) is 0 Å². The first kappa shape index (κ1) is 18.5. The fraction of sp³-hybridized carbons (Fsp3) is 0.158. The van der Waals surface area contributed by atoms with Gasteiger partial charge in [-0.1, -0.05) is 71.4 Å². The molecule has 0 atom stereocenters. The minimum Gasteiger partial charge on any atom is -0.299 e. The topological polar surface area (TPSA) is 34.1 Å². The van der Waals surface area contributed by atoms with Crippen LogP contribution in [0.1, 0.15) is 20.8 Å². The molecule has 0 amide bonds. The molecule has 110 valence electrons. The van der Waals surface area contributed by atoms with Crippen LogP contribution in [0.2, 0.25) is 0 Å². The van der Waals surface area contributed by atoms with Gasteiger partial charge in [0.1, 0.15) is 12.6 Å². The molecule has 0 fully saturated rings. The number of rotatable bonds is 8. The molecule has 2 heteroatoms. The van der Waals surface area contributed by atoms with E-state index in [2.05, 4.69) is 0 Å². The van der Waals surface area contributed by atoms with Crippen molar-refractivity contribution in [2.45, 2.75) is 20.8 Å². The van der Waals surface area contributed by atoms with Crippen LogP contribution in [0.5, 0.6) is 0 Å². The molecular weight excluding hydrogens is 260 g/mol. The van der Waals surface area contributed by atoms with Crippen molar-refractivity contribution in [1.29, 1.82) is 0 Å². The summed E-state index contributed by atoms with van der Waals surface area (Å²) in [5, 5.41) is 0. The Morgan fingerprint density at radius 2 is 0.857 bits per heavy atom. The van der Waals surface area contributed by atoms with Gasteiger partial charge in [-0.05, 0) is 32.9 Å². The molecule has 0 aromatic carbocycles. The van der Waals surface area contributed by atoms with Gasteiger partial charge in [-0.2, -0.15) is 0 Å². The third-order valence-corrected chi connectivity index (χ3v) is 2.42. The van der Waals surface area contributed by atoms with Crippen molar-refractivity contribution in [1.82, 2.24) is 0 Å². The van der Waals surface area contributed by atoms with E-state index in [4.69, 9.17) is 0 Å². The summed E-state index contributed by atoms with van der Waals surface area (Å²) in [6.07, 6.45) is 21.7. The summed E-state index contributed by atoms with van der Waals surface area (Å²) in [6.45, 7) is 5.87. The smallest absolute Gasteiger partial charge is 0.142 e. The van der Waals surface area contributed by atoms with E-state index >= 15 is 0 Å². The first-order valence-electron chi connectivity index (χ1n) is 6.70. The lowest BCUT2D eigenvalue weighted by Crippen LogP contribution is -1.70. The van der Waals surface area contributed by atoms with E-state index in [-0.39, 0.29) is 0 Å². The van der Waals surface area contributed by atoms with Crippen molar-refractivity contribution >= 4 is 12.6 Å². The largest absolute Gasteiger partial charge is 0.299 e. The van der Waals surface area contributed by atoms with Crippen molar-refractivity contribution < 1.29 is 9.59 Å². The van der Waals surface area contributed by atoms with Crippen LogP contribution in [-0.4, -0.2) is 12.6 Å². The lowest BCUT2D eigenvalue weighted by molar-refractivity contribution is -0.104. The van der Waals surface area contributed by atoms with Crippen LogP contribution >= 0.6 is 0 Å². The molecule has 0 rings (SSSR count). The standard InChI is InChI=1S/C19H22O2/c1-17(11-6-12-19(3)14-8-16-21)9-4-5-10-18(2)13-7-15-20/h4-16H,1-3H3/b5-4+,11-6+,13-7+,14-8+,17-9+,18-10+,19-12+. The predicted molar refractivity (Wildman–Crippen MR) is 90.0 cm³/mol. The van der Waals surface area contributed by atoms with Crippen LogP contribution in [0.15, 0.2) is 83.6 Å². The number of allylic oxidation sites excluding steroid dienone is 14. The van der Waals surface area contributed by atoms with Crippen LogP contribution in [0.25, 0.3) is 0 Å². The molecule has 21 heavy (non-hydrogen) atoms. The highest BCUT2D eigenvalue weighted by Gasteiger charge is 1.80. The molecule has 0 heterocycles. The number of carbonyl (C=O) groups excluding carboxylic acids is 2. The van der Waals surface area contributed by atoms with Crippen molar-refractivity contribution in [3.05, 3.63) is 83.6 Å². The van der Waals surface area contributed by atoms with Crippen LogP contribution in [-0.2, 0) is 9.59 Å². The minimum absolute atomic E-state index is 0.760. The van der Waals surface area contributed by atoms with Crippen LogP contribution in [0.4, 0.5) is 0 Å². The highest BCUT2D eigenvalue weighted by atomic mass is 16.1. The fourth-order valence-corrected chi connectivity index (χ4v) is 1.32. The number of carbonyl (C=O) groups is 2. The molecule has 0 unspecified atom stereocenters. The van der Waals surface area contributed by atoms with Crippen LogP contribution in [0, 0.1) is 0 Å². The molecule has 0 radical (unpaired) electrons. The predicted octanol–water partition coefficient (Wildman–Crippen LogP) is 4.45. The van der Waals surface area contributed by atoms with Gasteiger partial charge in [0.05, 0.1) is 0 Å². The lowest BCUT2D eigenvalue weighted by Gasteiger charge is -1.89. The van der Waals surface area contributed by atoms with Gasteiger partial charge < -0.3 is 0 Å². The zero-order valence-corrected chi connectivity index (χ0v) is 12.8. The Bertz CT molecular complexity index is 536. The first-order chi connectivity index (χ1) is 10.1. The molecule has 0 bridgehead atoms. The summed E-state index contributed by atoms with van der Waals surface area (Å²) < 4.78 is 0. The van der Waals surface area contributed by atoms with E-state index in [1.165, 1.54) is 12.2 Å². The van der Waals surface area contributed by atoms with Gasteiger partial charge in [-0.25, -0.2) is 0 Å². The maximum absolute atomic E-state index is 10.2. The van der Waals surface area contributed by atoms with Gasteiger partial charge in [-0.3, -0.25) is 9.59 Å². The van der Waals surface area contributed by atoms with E-state index < -0.39 is 0 Å². The molecule has 0 aromatic rings. The molecular formula is C19H22O2. The monoisotopic (exact) mass is 282 g/mol. The summed E-state index contributed by atoms with van der Waals surface area (Å²) in [7, 11) is 0. The molecule has 0 spiro atoms. The highest BCUT2D eigenvalue weighted by molar-refractivity contribution is 5.66. The van der Waals surface area contributed by atoms with Crippen LogP contribution in [0.3, 0.4) is 0 Å². The zero-order valence-electron chi connectivity index (χ0n) is 12.8. The summed E-state index contributed by atoms with van der Waals surface area (Å²) in [6, 6.07) is 0. The number of aldehydes is 2. The Labute approximate surface area is 127 Å². The Hall–Kier alpha value is -2.48. The number of hydrogen-bond donors (Lipinski definition) is 0. The average Bonchev–Trinajstić information content (AvgIpc) is 2.47. The highest BCUT2D eigenvalue weighted by Crippen LogP contribution is 2.00.